The van der Waals surface area contributed by atoms with Gasteiger partial charge in [0.1, 0.15) is 6.07 Å². The van der Waals surface area contributed by atoms with Gasteiger partial charge in [-0.1, -0.05) is 25.1 Å². The molecule has 3 nitrogen and oxygen atoms in total. The van der Waals surface area contributed by atoms with Gasteiger partial charge in [-0.15, -0.1) is 0 Å². The lowest BCUT2D eigenvalue weighted by Gasteiger charge is -2.21. The van der Waals surface area contributed by atoms with Crippen molar-refractivity contribution < 1.29 is 5.11 Å². The van der Waals surface area contributed by atoms with Crippen molar-refractivity contribution in [2.75, 3.05) is 11.9 Å². The number of rotatable bonds is 4. The van der Waals surface area contributed by atoms with E-state index in [-0.39, 0.29) is 6.61 Å². The Morgan fingerprint density at radius 2 is 1.75 bits per heavy atom. The third-order valence-corrected chi connectivity index (χ3v) is 3.46. The van der Waals surface area contributed by atoms with E-state index in [0.717, 1.165) is 23.4 Å². The molecule has 0 bridgehead atoms. The Kier molecular flexibility index (Phi) is 4.39. The second kappa shape index (κ2) is 6.23. The predicted molar refractivity (Wildman–Crippen MR) is 81.0 cm³/mol. The highest BCUT2D eigenvalue weighted by Crippen LogP contribution is 2.27. The first-order valence-electron chi connectivity index (χ1n) is 6.66. The highest BCUT2D eigenvalue weighted by molar-refractivity contribution is 5.69. The van der Waals surface area contributed by atoms with Gasteiger partial charge >= 0.3 is 0 Å². The van der Waals surface area contributed by atoms with Crippen LogP contribution in [0.15, 0.2) is 42.5 Å². The molecule has 0 aromatic heterocycles. The van der Waals surface area contributed by atoms with Gasteiger partial charge in [0.15, 0.2) is 0 Å². The summed E-state index contributed by atoms with van der Waals surface area (Å²) in [5, 5.41) is 18.4. The van der Waals surface area contributed by atoms with Crippen molar-refractivity contribution in [3.8, 4) is 6.07 Å². The maximum Gasteiger partial charge on any atom is 0.101 e. The summed E-state index contributed by atoms with van der Waals surface area (Å²) in [5.41, 5.74) is 4.49. The van der Waals surface area contributed by atoms with Crippen molar-refractivity contribution in [3.63, 3.8) is 0 Å². The van der Waals surface area contributed by atoms with Gasteiger partial charge in [0, 0.05) is 12.7 Å². The van der Waals surface area contributed by atoms with Crippen LogP contribution in [0.4, 0.5) is 11.4 Å². The summed E-state index contributed by atoms with van der Waals surface area (Å²) < 4.78 is 0. The molecule has 102 valence electrons. The normalized spacial score (nSPS) is 10.1. The molecule has 2 aromatic rings. The average Bonchev–Trinajstić information content (AvgIpc) is 2.53. The summed E-state index contributed by atoms with van der Waals surface area (Å²) in [6, 6.07) is 15.9. The zero-order valence-corrected chi connectivity index (χ0v) is 11.8. The molecule has 2 rings (SSSR count). The molecule has 0 spiro atoms. The van der Waals surface area contributed by atoms with Gasteiger partial charge in [0.2, 0.25) is 0 Å². The van der Waals surface area contributed by atoms with Crippen LogP contribution in [0.1, 0.15) is 23.6 Å². The van der Waals surface area contributed by atoms with E-state index >= 15 is 0 Å². The summed E-state index contributed by atoms with van der Waals surface area (Å²) in [5.74, 6) is 0. The topological polar surface area (TPSA) is 47.3 Å². The molecular weight excluding hydrogens is 248 g/mol. The molecule has 0 fully saturated rings. The van der Waals surface area contributed by atoms with Crippen LogP contribution in [-0.2, 0) is 13.0 Å². The molecule has 0 heterocycles. The first-order valence-corrected chi connectivity index (χ1v) is 6.66. The molecule has 0 atom stereocenters. The molecule has 3 heteroatoms. The highest BCUT2D eigenvalue weighted by Gasteiger charge is 2.10. The third-order valence-electron chi connectivity index (χ3n) is 3.46. The van der Waals surface area contributed by atoms with Crippen LogP contribution in [-0.4, -0.2) is 12.2 Å². The van der Waals surface area contributed by atoms with E-state index in [9.17, 15) is 5.26 Å². The molecule has 0 aliphatic heterocycles. The Hall–Kier alpha value is -2.31. The first-order chi connectivity index (χ1) is 9.69. The molecule has 0 unspecified atom stereocenters. The van der Waals surface area contributed by atoms with Crippen LogP contribution in [0.25, 0.3) is 0 Å². The van der Waals surface area contributed by atoms with Crippen LogP contribution in [0, 0.1) is 11.3 Å². The monoisotopic (exact) mass is 266 g/mol. The lowest BCUT2D eigenvalue weighted by atomic mass is 10.1. The quantitative estimate of drug-likeness (QED) is 0.922. The fourth-order valence-electron chi connectivity index (χ4n) is 2.16. The van der Waals surface area contributed by atoms with Crippen LogP contribution in [0.5, 0.6) is 0 Å². The van der Waals surface area contributed by atoms with Crippen molar-refractivity contribution >= 4 is 11.4 Å². The SMILES string of the molecule is CCc1ccc(N(C)c2ccc(CO)cc2C#N)cc1. The van der Waals surface area contributed by atoms with Gasteiger partial charge in [-0.3, -0.25) is 0 Å². The lowest BCUT2D eigenvalue weighted by Crippen LogP contribution is -2.11. The molecule has 2 aromatic carbocycles. The number of anilines is 2. The van der Waals surface area contributed by atoms with Crippen molar-refractivity contribution in [1.82, 2.24) is 0 Å². The highest BCUT2D eigenvalue weighted by atomic mass is 16.3. The van der Waals surface area contributed by atoms with Gasteiger partial charge in [-0.05, 0) is 41.8 Å². The molecule has 0 aliphatic rings. The van der Waals surface area contributed by atoms with Crippen molar-refractivity contribution in [2.45, 2.75) is 20.0 Å². The number of nitrogens with zero attached hydrogens (tertiary/aromatic N) is 2. The smallest absolute Gasteiger partial charge is 0.101 e. The molecule has 0 amide bonds. The Labute approximate surface area is 119 Å². The Balaban J connectivity index is 2.37. The van der Waals surface area contributed by atoms with E-state index in [4.69, 9.17) is 5.11 Å². The van der Waals surface area contributed by atoms with Gasteiger partial charge in [0.25, 0.3) is 0 Å². The van der Waals surface area contributed by atoms with E-state index in [2.05, 4.69) is 37.3 Å². The standard InChI is InChI=1S/C17H18N2O/c1-3-13-4-7-16(8-5-13)19(2)17-9-6-14(12-20)10-15(17)11-18/h4-10,20H,3,12H2,1-2H3. The van der Waals surface area contributed by atoms with E-state index in [0.29, 0.717) is 5.56 Å². The fourth-order valence-corrected chi connectivity index (χ4v) is 2.16. The molecule has 1 N–H and O–H groups in total. The Morgan fingerprint density at radius 3 is 2.30 bits per heavy atom. The number of hydrogen-bond donors (Lipinski definition) is 1. The van der Waals surface area contributed by atoms with Crippen LogP contribution >= 0.6 is 0 Å². The molecule has 0 radical (unpaired) electrons. The van der Waals surface area contributed by atoms with Crippen LogP contribution in [0.2, 0.25) is 0 Å². The summed E-state index contributed by atoms with van der Waals surface area (Å²) >= 11 is 0. The summed E-state index contributed by atoms with van der Waals surface area (Å²) in [7, 11) is 1.94. The number of nitriles is 1. The summed E-state index contributed by atoms with van der Waals surface area (Å²) in [6.07, 6.45) is 1.01. The molecule has 20 heavy (non-hydrogen) atoms. The van der Waals surface area contributed by atoms with Crippen molar-refractivity contribution in [1.29, 1.82) is 5.26 Å². The van der Waals surface area contributed by atoms with Crippen LogP contribution in [0.3, 0.4) is 0 Å². The van der Waals surface area contributed by atoms with Crippen LogP contribution < -0.4 is 4.90 Å². The largest absolute Gasteiger partial charge is 0.392 e. The Morgan fingerprint density at radius 1 is 1.10 bits per heavy atom. The second-order valence-corrected chi connectivity index (χ2v) is 4.70. The summed E-state index contributed by atoms with van der Waals surface area (Å²) in [6.45, 7) is 2.07. The van der Waals surface area contributed by atoms with Gasteiger partial charge in [-0.25, -0.2) is 0 Å². The minimum absolute atomic E-state index is 0.0517. The average molecular weight is 266 g/mol. The molecule has 0 saturated carbocycles. The number of hydrogen-bond acceptors (Lipinski definition) is 3. The van der Waals surface area contributed by atoms with E-state index in [1.165, 1.54) is 5.56 Å². The fraction of sp³-hybridized carbons (Fsp3) is 0.235. The maximum absolute atomic E-state index is 9.26. The number of aryl methyl sites for hydroxylation is 1. The molecule has 0 saturated heterocycles. The zero-order valence-electron chi connectivity index (χ0n) is 11.8. The zero-order chi connectivity index (χ0) is 14.5. The minimum atomic E-state index is -0.0517. The third kappa shape index (κ3) is 2.81. The van der Waals surface area contributed by atoms with Gasteiger partial charge < -0.3 is 10.0 Å². The van der Waals surface area contributed by atoms with E-state index < -0.39 is 0 Å². The number of aliphatic hydroxyl groups excluding tert-OH is 1. The van der Waals surface area contributed by atoms with Gasteiger partial charge in [-0.2, -0.15) is 5.26 Å². The second-order valence-electron chi connectivity index (χ2n) is 4.70. The Bertz CT molecular complexity index is 626. The predicted octanol–water partition coefficient (Wildman–Crippen LogP) is 3.38. The maximum atomic E-state index is 9.26. The minimum Gasteiger partial charge on any atom is -0.392 e. The van der Waals surface area contributed by atoms with Gasteiger partial charge in [0.05, 0.1) is 17.9 Å². The van der Waals surface area contributed by atoms with E-state index in [1.54, 1.807) is 6.07 Å². The molecule has 0 aliphatic carbocycles. The number of aliphatic hydroxyl groups is 1. The van der Waals surface area contributed by atoms with Crippen molar-refractivity contribution in [3.05, 3.63) is 59.2 Å². The van der Waals surface area contributed by atoms with Crippen molar-refractivity contribution in [2.24, 2.45) is 0 Å². The molecular formula is C17H18N2O. The van der Waals surface area contributed by atoms with E-state index in [1.807, 2.05) is 24.1 Å². The first kappa shape index (κ1) is 14.1. The number of benzene rings is 2. The summed E-state index contributed by atoms with van der Waals surface area (Å²) in [4.78, 5) is 1.99. The lowest BCUT2D eigenvalue weighted by molar-refractivity contribution is 0.282.